The topological polar surface area (TPSA) is 215 Å². The van der Waals surface area contributed by atoms with Crippen LogP contribution in [0.4, 0.5) is 9.59 Å². The third kappa shape index (κ3) is 9.33. The van der Waals surface area contributed by atoms with Gasteiger partial charge in [0, 0.05) is 24.2 Å². The SMILES string of the molecule is COC(=O)NC(C(=O)N1CCCC1c1ncc(-c2ccc(C#Cc3ccc(-c4cnc(C5CCCN5C(=O)C(NC(=O)OC)C(C)(C)O)[nH]4)cc3)cc2)[nH]1)C(C)(C)O. The Morgan fingerprint density at radius 3 is 1.38 bits per heavy atom. The molecule has 16 nitrogen and oxygen atoms in total. The Morgan fingerprint density at radius 1 is 0.690 bits per heavy atom. The van der Waals surface area contributed by atoms with Crippen LogP contribution >= 0.6 is 0 Å². The number of nitrogens with zero attached hydrogens (tertiary/aromatic N) is 4. The first-order valence-corrected chi connectivity index (χ1v) is 19.1. The second-order valence-electron chi connectivity index (χ2n) is 15.6. The molecule has 4 aromatic rings. The molecule has 0 radical (unpaired) electrons. The van der Waals surface area contributed by atoms with Gasteiger partial charge in [0.1, 0.15) is 23.7 Å². The van der Waals surface area contributed by atoms with Crippen LogP contribution in [0.1, 0.15) is 88.2 Å². The number of imidazole rings is 2. The van der Waals surface area contributed by atoms with E-state index in [2.05, 4.69) is 51.9 Å². The number of aromatic nitrogens is 4. The highest BCUT2D eigenvalue weighted by Crippen LogP contribution is 2.35. The van der Waals surface area contributed by atoms with Gasteiger partial charge in [-0.2, -0.15) is 0 Å². The molecule has 4 atom stereocenters. The molecule has 2 fully saturated rings. The van der Waals surface area contributed by atoms with Crippen molar-refractivity contribution in [2.24, 2.45) is 0 Å². The normalized spacial score (nSPS) is 17.9. The summed E-state index contributed by atoms with van der Waals surface area (Å²) in [7, 11) is 2.40. The number of nitrogens with one attached hydrogen (secondary N) is 4. The lowest BCUT2D eigenvalue weighted by atomic mass is 9.97. The molecule has 0 saturated carbocycles. The number of carbonyl (C=O) groups is 4. The van der Waals surface area contributed by atoms with Gasteiger partial charge in [0.25, 0.3) is 0 Å². The third-order valence-electron chi connectivity index (χ3n) is 10.4. The molecular weight excluding hydrogens is 745 g/mol. The van der Waals surface area contributed by atoms with E-state index in [0.29, 0.717) is 37.6 Å². The van der Waals surface area contributed by atoms with E-state index in [4.69, 9.17) is 0 Å². The molecule has 0 bridgehead atoms. The minimum Gasteiger partial charge on any atom is -0.453 e. The van der Waals surface area contributed by atoms with Gasteiger partial charge in [0.15, 0.2) is 0 Å². The number of benzene rings is 2. The van der Waals surface area contributed by atoms with Crippen LogP contribution in [0.5, 0.6) is 0 Å². The maximum Gasteiger partial charge on any atom is 0.407 e. The van der Waals surface area contributed by atoms with Crippen LogP contribution in [-0.2, 0) is 19.1 Å². The van der Waals surface area contributed by atoms with Crippen molar-refractivity contribution in [3.8, 4) is 34.4 Å². The van der Waals surface area contributed by atoms with Crippen molar-refractivity contribution in [3.63, 3.8) is 0 Å². The van der Waals surface area contributed by atoms with E-state index < -0.39 is 47.3 Å². The Labute approximate surface area is 336 Å². The van der Waals surface area contributed by atoms with E-state index in [9.17, 15) is 29.4 Å². The second kappa shape index (κ2) is 17.1. The van der Waals surface area contributed by atoms with Crippen molar-refractivity contribution in [3.05, 3.63) is 83.7 Å². The second-order valence-corrected chi connectivity index (χ2v) is 15.6. The lowest BCUT2D eigenvalue weighted by molar-refractivity contribution is -0.141. The molecule has 2 aliphatic rings. The van der Waals surface area contributed by atoms with E-state index in [1.807, 2.05) is 48.5 Å². The number of ether oxygens (including phenoxy) is 2. The molecule has 16 heteroatoms. The summed E-state index contributed by atoms with van der Waals surface area (Å²) in [5.41, 5.74) is 1.94. The standard InChI is InChI=1S/C42H50N8O8/c1-41(2,55)33(47-39(53)57-5)37(51)49-21-7-9-31(49)35-43-23-29(45-35)27-17-13-25(14-18-27)11-12-26-15-19-28(20-16-26)30-24-44-36(46-30)32-10-8-22-50(32)38(52)34(42(3,4)56)48-40(54)58-6/h13-20,23-24,31-34,55-56H,7-10,21-22H2,1-6H3,(H,43,45)(H,44,46)(H,47,53)(H,48,54). The van der Waals surface area contributed by atoms with Gasteiger partial charge in [-0.1, -0.05) is 36.1 Å². The summed E-state index contributed by atoms with van der Waals surface area (Å²) in [6.45, 7) is 6.79. The minimum atomic E-state index is -1.52. The van der Waals surface area contributed by atoms with Crippen molar-refractivity contribution in [1.29, 1.82) is 0 Å². The number of aliphatic hydroxyl groups is 2. The molecule has 4 heterocycles. The molecule has 0 aliphatic carbocycles. The third-order valence-corrected chi connectivity index (χ3v) is 10.4. The molecule has 2 aromatic carbocycles. The highest BCUT2D eigenvalue weighted by molar-refractivity contribution is 5.88. The predicted octanol–water partition coefficient (Wildman–Crippen LogP) is 4.18. The van der Waals surface area contributed by atoms with Gasteiger partial charge in [-0.25, -0.2) is 19.6 Å². The first kappa shape index (κ1) is 41.5. The molecule has 4 amide bonds. The molecule has 0 spiro atoms. The number of methoxy groups -OCH3 is 2. The fourth-order valence-corrected chi connectivity index (χ4v) is 7.31. The highest BCUT2D eigenvalue weighted by Gasteiger charge is 2.44. The Bertz CT molecular complexity index is 2020. The largest absolute Gasteiger partial charge is 0.453 e. The molecular formula is C42H50N8O8. The molecule has 2 saturated heterocycles. The highest BCUT2D eigenvalue weighted by atomic mass is 16.5. The van der Waals surface area contributed by atoms with E-state index in [1.165, 1.54) is 41.9 Å². The number of amides is 4. The van der Waals surface area contributed by atoms with Gasteiger partial charge in [0.05, 0.1) is 61.3 Å². The lowest BCUT2D eigenvalue weighted by Crippen LogP contribution is -2.58. The quantitative estimate of drug-likeness (QED) is 0.126. The summed E-state index contributed by atoms with van der Waals surface area (Å²) in [6, 6.07) is 12.4. The average Bonchev–Trinajstić information content (AvgIpc) is 4.04. The molecule has 4 unspecified atom stereocenters. The number of hydrogen-bond donors (Lipinski definition) is 6. The fourth-order valence-electron chi connectivity index (χ4n) is 7.31. The van der Waals surface area contributed by atoms with Crippen LogP contribution in [0.25, 0.3) is 22.5 Å². The number of likely N-dealkylation sites (tertiary alicyclic amines) is 2. The van der Waals surface area contributed by atoms with Crippen LogP contribution in [0.3, 0.4) is 0 Å². The smallest absolute Gasteiger partial charge is 0.407 e. The number of carbonyl (C=O) groups excluding carboxylic acids is 4. The zero-order valence-corrected chi connectivity index (χ0v) is 33.5. The van der Waals surface area contributed by atoms with Crippen LogP contribution < -0.4 is 10.6 Å². The maximum absolute atomic E-state index is 13.5. The molecule has 6 rings (SSSR count). The molecule has 6 N–H and O–H groups in total. The summed E-state index contributed by atoms with van der Waals surface area (Å²) in [5.74, 6) is 6.83. The number of H-pyrrole nitrogens is 2. The number of aromatic amines is 2. The number of hydrogen-bond acceptors (Lipinski definition) is 10. The summed E-state index contributed by atoms with van der Waals surface area (Å²) in [5, 5.41) is 26.3. The lowest BCUT2D eigenvalue weighted by Gasteiger charge is -2.34. The summed E-state index contributed by atoms with van der Waals surface area (Å²) in [6.07, 6.45) is 4.70. The van der Waals surface area contributed by atoms with Gasteiger partial charge in [0.2, 0.25) is 11.8 Å². The molecule has 2 aliphatic heterocycles. The maximum atomic E-state index is 13.5. The van der Waals surface area contributed by atoms with Gasteiger partial charge in [-0.15, -0.1) is 0 Å². The first-order valence-electron chi connectivity index (χ1n) is 19.1. The molecule has 306 valence electrons. The van der Waals surface area contributed by atoms with Crippen LogP contribution in [0.15, 0.2) is 60.9 Å². The van der Waals surface area contributed by atoms with Gasteiger partial charge < -0.3 is 50.1 Å². The van der Waals surface area contributed by atoms with Crippen LogP contribution in [0, 0.1) is 11.8 Å². The van der Waals surface area contributed by atoms with Crippen molar-refractivity contribution in [2.75, 3.05) is 27.3 Å². The monoisotopic (exact) mass is 794 g/mol. The van der Waals surface area contributed by atoms with Crippen molar-refractivity contribution in [1.82, 2.24) is 40.4 Å². The Balaban J connectivity index is 1.08. The van der Waals surface area contributed by atoms with E-state index in [-0.39, 0.29) is 12.1 Å². The summed E-state index contributed by atoms with van der Waals surface area (Å²) in [4.78, 5) is 70.1. The van der Waals surface area contributed by atoms with Gasteiger partial charge >= 0.3 is 12.2 Å². The number of alkyl carbamates (subject to hydrolysis) is 2. The predicted molar refractivity (Wildman–Crippen MR) is 213 cm³/mol. The first-order chi connectivity index (χ1) is 27.6. The molecule has 58 heavy (non-hydrogen) atoms. The van der Waals surface area contributed by atoms with Crippen LogP contribution in [-0.4, -0.2) is 115 Å². The van der Waals surface area contributed by atoms with Gasteiger partial charge in [-0.3, -0.25) is 9.59 Å². The van der Waals surface area contributed by atoms with Crippen molar-refractivity contribution >= 4 is 24.0 Å². The Kier molecular flexibility index (Phi) is 12.2. The van der Waals surface area contributed by atoms with Crippen molar-refractivity contribution < 1.29 is 38.9 Å². The van der Waals surface area contributed by atoms with E-state index in [0.717, 1.165) is 46.5 Å². The zero-order valence-electron chi connectivity index (χ0n) is 33.5. The average molecular weight is 795 g/mol. The van der Waals surface area contributed by atoms with E-state index >= 15 is 0 Å². The molecule has 2 aromatic heterocycles. The summed E-state index contributed by atoms with van der Waals surface area (Å²) < 4.78 is 9.35. The summed E-state index contributed by atoms with van der Waals surface area (Å²) >= 11 is 0. The minimum absolute atomic E-state index is 0.345. The Hall–Kier alpha value is -6.18. The van der Waals surface area contributed by atoms with Crippen LogP contribution in [0.2, 0.25) is 0 Å². The Morgan fingerprint density at radius 2 is 1.05 bits per heavy atom. The van der Waals surface area contributed by atoms with E-state index in [1.54, 1.807) is 22.2 Å². The number of rotatable bonds is 10. The zero-order chi connectivity index (χ0) is 41.8. The van der Waals surface area contributed by atoms with Crippen molar-refractivity contribution in [2.45, 2.75) is 88.7 Å². The fraction of sp³-hybridized carbons (Fsp3) is 0.429. The van der Waals surface area contributed by atoms with Gasteiger partial charge in [-0.05, 0) is 88.8 Å².